The van der Waals surface area contributed by atoms with Crippen molar-refractivity contribution in [1.82, 2.24) is 9.78 Å². The molecule has 7 heteroatoms. The molecule has 1 heterocycles. The van der Waals surface area contributed by atoms with E-state index in [1.54, 1.807) is 31.2 Å². The molecule has 0 atom stereocenters. The van der Waals surface area contributed by atoms with Gasteiger partial charge < -0.3 is 5.11 Å². The first-order valence-electron chi connectivity index (χ1n) is 5.29. The van der Waals surface area contributed by atoms with E-state index in [0.717, 1.165) is 10.2 Å². The summed E-state index contributed by atoms with van der Waals surface area (Å²) >= 11 is 5.86. The zero-order valence-electron chi connectivity index (χ0n) is 9.77. The average molecular weight is 287 g/mol. The van der Waals surface area contributed by atoms with Crippen LogP contribution in [-0.4, -0.2) is 20.9 Å². The van der Waals surface area contributed by atoms with E-state index in [4.69, 9.17) is 16.7 Å². The van der Waals surface area contributed by atoms with Crippen molar-refractivity contribution in [3.8, 4) is 5.69 Å². The molecule has 100 valence electrons. The van der Waals surface area contributed by atoms with Crippen LogP contribution in [0.2, 0.25) is 5.15 Å². The van der Waals surface area contributed by atoms with Crippen LogP contribution in [-0.2, 0) is 0 Å². The molecule has 0 spiro atoms. The second kappa shape index (κ2) is 4.97. The van der Waals surface area contributed by atoms with E-state index >= 15 is 0 Å². The number of carbonyl (C=O) groups is 1. The standard InChI is InChI=1S/C12H9ClF2N2O2/c1-6-4-2-3-5-7(6)17-10(13)8(12(18)19)9(16-17)11(14)15/h2-5,11H,1H3,(H,18,19). The first-order valence-corrected chi connectivity index (χ1v) is 5.67. The lowest BCUT2D eigenvalue weighted by Gasteiger charge is -2.06. The van der Waals surface area contributed by atoms with Gasteiger partial charge in [0.15, 0.2) is 0 Å². The Morgan fingerprint density at radius 1 is 1.42 bits per heavy atom. The summed E-state index contributed by atoms with van der Waals surface area (Å²) in [6, 6.07) is 6.82. The minimum absolute atomic E-state index is 0.336. The maximum Gasteiger partial charge on any atom is 0.341 e. The van der Waals surface area contributed by atoms with Gasteiger partial charge in [-0.15, -0.1) is 0 Å². The predicted molar refractivity (Wildman–Crippen MR) is 65.2 cm³/mol. The molecule has 1 aromatic carbocycles. The van der Waals surface area contributed by atoms with E-state index in [1.165, 1.54) is 0 Å². The first-order chi connectivity index (χ1) is 8.93. The second-order valence-corrected chi connectivity index (χ2v) is 4.21. The van der Waals surface area contributed by atoms with Crippen LogP contribution in [0.3, 0.4) is 0 Å². The predicted octanol–water partition coefficient (Wildman–Crippen LogP) is 3.47. The van der Waals surface area contributed by atoms with Crippen LogP contribution in [0.4, 0.5) is 8.78 Å². The lowest BCUT2D eigenvalue weighted by atomic mass is 10.2. The van der Waals surface area contributed by atoms with Gasteiger partial charge in [0, 0.05) is 0 Å². The molecule has 1 aromatic heterocycles. The third kappa shape index (κ3) is 2.31. The van der Waals surface area contributed by atoms with E-state index in [0.29, 0.717) is 5.69 Å². The summed E-state index contributed by atoms with van der Waals surface area (Å²) in [5.41, 5.74) is -0.299. The Labute approximate surface area is 112 Å². The van der Waals surface area contributed by atoms with Gasteiger partial charge in [-0.2, -0.15) is 5.10 Å². The number of aromatic carboxylic acids is 1. The quantitative estimate of drug-likeness (QED) is 0.940. The van der Waals surface area contributed by atoms with Crippen LogP contribution in [0.25, 0.3) is 5.69 Å². The molecule has 2 rings (SSSR count). The monoisotopic (exact) mass is 286 g/mol. The van der Waals surface area contributed by atoms with Crippen LogP contribution in [0.1, 0.15) is 28.0 Å². The molecular weight excluding hydrogens is 278 g/mol. The van der Waals surface area contributed by atoms with Crippen LogP contribution in [0, 0.1) is 6.92 Å². The number of alkyl halides is 2. The van der Waals surface area contributed by atoms with Gasteiger partial charge in [-0.1, -0.05) is 29.8 Å². The van der Waals surface area contributed by atoms with E-state index in [1.807, 2.05) is 0 Å². The van der Waals surface area contributed by atoms with Crippen molar-refractivity contribution in [3.05, 3.63) is 46.2 Å². The number of benzene rings is 1. The number of carboxylic acids is 1. The molecule has 0 amide bonds. The molecule has 2 aromatic rings. The lowest BCUT2D eigenvalue weighted by Crippen LogP contribution is -2.01. The zero-order valence-corrected chi connectivity index (χ0v) is 10.5. The number of aryl methyl sites for hydroxylation is 1. The Balaban J connectivity index is 2.70. The Bertz CT molecular complexity index is 641. The fourth-order valence-electron chi connectivity index (χ4n) is 1.72. The molecule has 19 heavy (non-hydrogen) atoms. The molecule has 0 fully saturated rings. The average Bonchev–Trinajstić information content (AvgIpc) is 2.68. The molecule has 0 aliphatic rings. The van der Waals surface area contributed by atoms with Crippen LogP contribution in [0.5, 0.6) is 0 Å². The molecule has 0 bridgehead atoms. The normalized spacial score (nSPS) is 11.0. The van der Waals surface area contributed by atoms with Crippen molar-refractivity contribution < 1.29 is 18.7 Å². The van der Waals surface area contributed by atoms with Gasteiger partial charge in [0.1, 0.15) is 16.4 Å². The van der Waals surface area contributed by atoms with Crippen molar-refractivity contribution in [2.24, 2.45) is 0 Å². The van der Waals surface area contributed by atoms with Gasteiger partial charge in [0.25, 0.3) is 6.43 Å². The van der Waals surface area contributed by atoms with E-state index in [2.05, 4.69) is 5.10 Å². The van der Waals surface area contributed by atoms with Crippen molar-refractivity contribution >= 4 is 17.6 Å². The van der Waals surface area contributed by atoms with Gasteiger partial charge in [-0.25, -0.2) is 18.3 Å². The summed E-state index contributed by atoms with van der Waals surface area (Å²) in [6.07, 6.45) is -3.01. The smallest absolute Gasteiger partial charge is 0.341 e. The minimum atomic E-state index is -3.01. The summed E-state index contributed by atoms with van der Waals surface area (Å²) in [5.74, 6) is -1.53. The fourth-order valence-corrected chi connectivity index (χ4v) is 2.03. The summed E-state index contributed by atoms with van der Waals surface area (Å²) in [6.45, 7) is 1.75. The van der Waals surface area contributed by atoms with Crippen molar-refractivity contribution in [3.63, 3.8) is 0 Å². The van der Waals surface area contributed by atoms with Gasteiger partial charge in [-0.3, -0.25) is 0 Å². The number of hydrogen-bond donors (Lipinski definition) is 1. The maximum absolute atomic E-state index is 12.8. The summed E-state index contributed by atoms with van der Waals surface area (Å²) < 4.78 is 26.6. The second-order valence-electron chi connectivity index (χ2n) is 3.86. The third-order valence-electron chi connectivity index (χ3n) is 2.62. The largest absolute Gasteiger partial charge is 0.478 e. The van der Waals surface area contributed by atoms with Crippen molar-refractivity contribution in [2.75, 3.05) is 0 Å². The molecule has 4 nitrogen and oxygen atoms in total. The highest BCUT2D eigenvalue weighted by atomic mass is 35.5. The van der Waals surface area contributed by atoms with Crippen molar-refractivity contribution in [2.45, 2.75) is 13.3 Å². The van der Waals surface area contributed by atoms with E-state index in [9.17, 15) is 13.6 Å². The SMILES string of the molecule is Cc1ccccc1-n1nc(C(F)F)c(C(=O)O)c1Cl. The minimum Gasteiger partial charge on any atom is -0.478 e. The maximum atomic E-state index is 12.8. The van der Waals surface area contributed by atoms with Crippen molar-refractivity contribution in [1.29, 1.82) is 0 Å². The lowest BCUT2D eigenvalue weighted by molar-refractivity contribution is 0.0684. The van der Waals surface area contributed by atoms with Gasteiger partial charge in [0.2, 0.25) is 0 Å². The highest BCUT2D eigenvalue weighted by Crippen LogP contribution is 2.30. The van der Waals surface area contributed by atoms with Gasteiger partial charge in [0.05, 0.1) is 5.69 Å². The van der Waals surface area contributed by atoms with Crippen LogP contribution < -0.4 is 0 Å². The molecule has 0 aliphatic heterocycles. The Hall–Kier alpha value is -1.95. The number of para-hydroxylation sites is 1. The molecule has 0 aliphatic carbocycles. The van der Waals surface area contributed by atoms with Gasteiger partial charge >= 0.3 is 5.97 Å². The number of nitrogens with zero attached hydrogens (tertiary/aromatic N) is 2. The number of carboxylic acid groups (broad SMARTS) is 1. The first kappa shape index (κ1) is 13.5. The van der Waals surface area contributed by atoms with E-state index in [-0.39, 0.29) is 5.15 Å². The zero-order chi connectivity index (χ0) is 14.2. The molecule has 0 unspecified atom stereocenters. The highest BCUT2D eigenvalue weighted by molar-refractivity contribution is 6.33. The Morgan fingerprint density at radius 3 is 2.53 bits per heavy atom. The van der Waals surface area contributed by atoms with Crippen LogP contribution in [0.15, 0.2) is 24.3 Å². The summed E-state index contributed by atoms with van der Waals surface area (Å²) in [5, 5.41) is 12.2. The fraction of sp³-hybridized carbons (Fsp3) is 0.167. The Morgan fingerprint density at radius 2 is 2.05 bits per heavy atom. The molecule has 0 radical (unpaired) electrons. The Kier molecular flexibility index (Phi) is 3.53. The number of halogens is 3. The molecule has 0 saturated heterocycles. The van der Waals surface area contributed by atoms with Crippen LogP contribution >= 0.6 is 11.6 Å². The number of rotatable bonds is 3. The molecule has 0 saturated carbocycles. The third-order valence-corrected chi connectivity index (χ3v) is 2.97. The molecular formula is C12H9ClF2N2O2. The van der Waals surface area contributed by atoms with Gasteiger partial charge in [-0.05, 0) is 18.6 Å². The summed E-state index contributed by atoms with van der Waals surface area (Å²) in [4.78, 5) is 11.0. The highest BCUT2D eigenvalue weighted by Gasteiger charge is 2.28. The molecule has 1 N–H and O–H groups in total. The number of hydrogen-bond acceptors (Lipinski definition) is 2. The number of aromatic nitrogens is 2. The van der Waals surface area contributed by atoms with E-state index < -0.39 is 23.7 Å². The topological polar surface area (TPSA) is 55.1 Å². The summed E-state index contributed by atoms with van der Waals surface area (Å²) in [7, 11) is 0.